The molecule has 0 atom stereocenters. The van der Waals surface area contributed by atoms with Crippen LogP contribution in [0.15, 0.2) is 30.3 Å². The topological polar surface area (TPSA) is 51.2 Å². The molecule has 1 aromatic rings. The molecule has 3 nitrogen and oxygen atoms in total. The zero-order chi connectivity index (χ0) is 15.7. The Morgan fingerprint density at radius 3 is 2.05 bits per heavy atom. The number of hydrogen-bond donors (Lipinski definition) is 0. The predicted molar refractivity (Wildman–Crippen MR) is 80.9 cm³/mol. The maximum atomic E-state index is 12.7. The highest BCUT2D eigenvalue weighted by Crippen LogP contribution is 2.44. The molecule has 112 valence electrons. The summed E-state index contributed by atoms with van der Waals surface area (Å²) in [5.74, 6) is -0.266. The van der Waals surface area contributed by atoms with Gasteiger partial charge in [-0.05, 0) is 24.3 Å². The van der Waals surface area contributed by atoms with Gasteiger partial charge in [0, 0.05) is 19.3 Å². The van der Waals surface area contributed by atoms with Crippen molar-refractivity contribution < 1.29 is 14.4 Å². The van der Waals surface area contributed by atoms with Crippen molar-refractivity contribution in [1.29, 1.82) is 0 Å². The number of rotatable bonds is 4. The van der Waals surface area contributed by atoms with Crippen LogP contribution in [-0.4, -0.2) is 17.3 Å². The highest BCUT2D eigenvalue weighted by atomic mass is 16.2. The summed E-state index contributed by atoms with van der Waals surface area (Å²) in [5, 5.41) is 0. The molecule has 0 unspecified atom stereocenters. The van der Waals surface area contributed by atoms with Gasteiger partial charge in [0.2, 0.25) is 0 Å². The first kappa shape index (κ1) is 15.6. The number of carbonyl (C=O) groups is 3. The summed E-state index contributed by atoms with van der Waals surface area (Å²) >= 11 is 0. The first-order valence-corrected chi connectivity index (χ1v) is 7.35. The van der Waals surface area contributed by atoms with Crippen LogP contribution >= 0.6 is 0 Å². The van der Waals surface area contributed by atoms with E-state index in [1.807, 2.05) is 44.2 Å². The third kappa shape index (κ3) is 3.29. The molecule has 3 heteroatoms. The van der Waals surface area contributed by atoms with Gasteiger partial charge >= 0.3 is 0 Å². The van der Waals surface area contributed by atoms with Crippen molar-refractivity contribution in [3.63, 3.8) is 0 Å². The van der Waals surface area contributed by atoms with Crippen LogP contribution in [0.1, 0.15) is 45.6 Å². The zero-order valence-corrected chi connectivity index (χ0v) is 12.9. The number of benzene rings is 1. The van der Waals surface area contributed by atoms with Crippen molar-refractivity contribution in [1.82, 2.24) is 0 Å². The Hall–Kier alpha value is -1.77. The minimum Gasteiger partial charge on any atom is -0.300 e. The van der Waals surface area contributed by atoms with E-state index in [0.717, 1.165) is 5.56 Å². The lowest BCUT2D eigenvalue weighted by molar-refractivity contribution is -0.151. The monoisotopic (exact) mass is 286 g/mol. The molecule has 0 saturated heterocycles. The fourth-order valence-electron chi connectivity index (χ4n) is 3.25. The fourth-order valence-corrected chi connectivity index (χ4v) is 3.25. The Labute approximate surface area is 125 Å². The summed E-state index contributed by atoms with van der Waals surface area (Å²) < 4.78 is 0. The van der Waals surface area contributed by atoms with Gasteiger partial charge in [0.15, 0.2) is 0 Å². The second kappa shape index (κ2) is 5.55. The van der Waals surface area contributed by atoms with Crippen LogP contribution in [0.25, 0.3) is 0 Å². The Bertz CT molecular complexity index is 549. The van der Waals surface area contributed by atoms with E-state index < -0.39 is 5.41 Å². The van der Waals surface area contributed by atoms with Crippen molar-refractivity contribution >= 4 is 17.3 Å². The van der Waals surface area contributed by atoms with Gasteiger partial charge in [-0.15, -0.1) is 0 Å². The smallest absolute Gasteiger partial charge is 0.147 e. The van der Waals surface area contributed by atoms with E-state index in [2.05, 4.69) is 0 Å². The molecule has 0 heterocycles. The van der Waals surface area contributed by atoms with Crippen molar-refractivity contribution in [2.45, 2.75) is 46.5 Å². The maximum absolute atomic E-state index is 12.7. The minimum atomic E-state index is -1.15. The third-order valence-corrected chi connectivity index (χ3v) is 4.25. The predicted octanol–water partition coefficient (Wildman–Crippen LogP) is 3.15. The lowest BCUT2D eigenvalue weighted by Gasteiger charge is -2.40. The molecule has 1 fully saturated rings. The van der Waals surface area contributed by atoms with Gasteiger partial charge in [-0.2, -0.15) is 0 Å². The van der Waals surface area contributed by atoms with Crippen LogP contribution < -0.4 is 0 Å². The Morgan fingerprint density at radius 1 is 1.05 bits per heavy atom. The lowest BCUT2D eigenvalue weighted by Crippen LogP contribution is -2.50. The number of Topliss-reactive ketones (excluding diaryl/α,β-unsaturated/α-hetero) is 3. The van der Waals surface area contributed by atoms with Gasteiger partial charge in [-0.25, -0.2) is 0 Å². The molecule has 0 aliphatic heterocycles. The molecule has 0 radical (unpaired) electrons. The van der Waals surface area contributed by atoms with Crippen molar-refractivity contribution in [3.8, 4) is 0 Å². The minimum absolute atomic E-state index is 0.0235. The lowest BCUT2D eigenvalue weighted by atomic mass is 9.59. The van der Waals surface area contributed by atoms with Crippen molar-refractivity contribution in [2.24, 2.45) is 10.8 Å². The molecule has 2 rings (SSSR count). The normalized spacial score (nSPS) is 20.3. The Morgan fingerprint density at radius 2 is 1.57 bits per heavy atom. The SMILES string of the molecule is CC(=O)CC1(Cc2ccccc2)C(=O)CC(C)(C)CC1=O. The van der Waals surface area contributed by atoms with Crippen LogP contribution in [0, 0.1) is 10.8 Å². The van der Waals surface area contributed by atoms with Gasteiger partial charge in [0.05, 0.1) is 5.41 Å². The first-order valence-electron chi connectivity index (χ1n) is 7.35. The molecule has 1 aliphatic rings. The molecule has 0 aromatic heterocycles. The van der Waals surface area contributed by atoms with E-state index in [0.29, 0.717) is 19.3 Å². The maximum Gasteiger partial charge on any atom is 0.147 e. The number of carbonyl (C=O) groups excluding carboxylic acids is 3. The number of hydrogen-bond acceptors (Lipinski definition) is 3. The van der Waals surface area contributed by atoms with Crippen LogP contribution in [0.3, 0.4) is 0 Å². The highest BCUT2D eigenvalue weighted by molar-refractivity contribution is 6.12. The van der Waals surface area contributed by atoms with E-state index in [1.54, 1.807) is 0 Å². The van der Waals surface area contributed by atoms with E-state index in [1.165, 1.54) is 6.92 Å². The quantitative estimate of drug-likeness (QED) is 0.799. The van der Waals surface area contributed by atoms with Crippen molar-refractivity contribution in [3.05, 3.63) is 35.9 Å². The van der Waals surface area contributed by atoms with E-state index in [-0.39, 0.29) is 29.2 Å². The van der Waals surface area contributed by atoms with Crippen molar-refractivity contribution in [2.75, 3.05) is 0 Å². The summed E-state index contributed by atoms with van der Waals surface area (Å²) in [6.45, 7) is 5.32. The molecule has 1 aliphatic carbocycles. The van der Waals surface area contributed by atoms with E-state index in [4.69, 9.17) is 0 Å². The van der Waals surface area contributed by atoms with Gasteiger partial charge in [-0.3, -0.25) is 14.4 Å². The van der Waals surface area contributed by atoms with Gasteiger partial charge in [-0.1, -0.05) is 44.2 Å². The Kier molecular flexibility index (Phi) is 4.13. The third-order valence-electron chi connectivity index (χ3n) is 4.25. The van der Waals surface area contributed by atoms with Gasteiger partial charge in [0.1, 0.15) is 17.3 Å². The molecule has 0 bridgehead atoms. The van der Waals surface area contributed by atoms with Gasteiger partial charge < -0.3 is 0 Å². The standard InChI is InChI=1S/C18H22O3/c1-13(19)9-18(10-14-7-5-4-6-8-14)15(20)11-17(2,3)12-16(18)21/h4-8H,9-12H2,1-3H3. The molecule has 1 aromatic carbocycles. The summed E-state index contributed by atoms with van der Waals surface area (Å²) in [6, 6.07) is 9.48. The second-order valence-corrected chi connectivity index (χ2v) is 6.99. The summed E-state index contributed by atoms with van der Waals surface area (Å²) in [7, 11) is 0. The number of ketones is 3. The fraction of sp³-hybridized carbons (Fsp3) is 0.500. The zero-order valence-electron chi connectivity index (χ0n) is 12.9. The molecule has 0 N–H and O–H groups in total. The van der Waals surface area contributed by atoms with Gasteiger partial charge in [0.25, 0.3) is 0 Å². The molecule has 0 spiro atoms. The second-order valence-electron chi connectivity index (χ2n) is 6.99. The summed E-state index contributed by atoms with van der Waals surface area (Å²) in [4.78, 5) is 37.1. The van der Waals surface area contributed by atoms with Crippen LogP contribution in [0.4, 0.5) is 0 Å². The average molecular weight is 286 g/mol. The molecular weight excluding hydrogens is 264 g/mol. The van der Waals surface area contributed by atoms with Crippen LogP contribution in [0.5, 0.6) is 0 Å². The first-order chi connectivity index (χ1) is 9.75. The molecule has 0 amide bonds. The van der Waals surface area contributed by atoms with E-state index in [9.17, 15) is 14.4 Å². The van der Waals surface area contributed by atoms with E-state index >= 15 is 0 Å². The van der Waals surface area contributed by atoms with Crippen LogP contribution in [0.2, 0.25) is 0 Å². The Balaban J connectivity index is 2.40. The summed E-state index contributed by atoms with van der Waals surface area (Å²) in [6.07, 6.45) is 1.08. The highest BCUT2D eigenvalue weighted by Gasteiger charge is 2.52. The molecule has 1 saturated carbocycles. The molecular formula is C18H22O3. The molecule has 21 heavy (non-hydrogen) atoms. The summed E-state index contributed by atoms with van der Waals surface area (Å²) in [5.41, 5.74) is -0.520. The average Bonchev–Trinajstić information content (AvgIpc) is 2.35. The largest absolute Gasteiger partial charge is 0.300 e. The van der Waals surface area contributed by atoms with Crippen LogP contribution in [-0.2, 0) is 20.8 Å².